The molecule has 0 bridgehead atoms. The van der Waals surface area contributed by atoms with Crippen molar-refractivity contribution in [2.75, 3.05) is 0 Å². The third-order valence-electron chi connectivity index (χ3n) is 1.13. The summed E-state index contributed by atoms with van der Waals surface area (Å²) in [6.07, 6.45) is 1.62. The minimum atomic E-state index is 0.437. The number of rotatable bonds is 1. The Bertz CT molecular complexity index is 257. The molecular weight excluding hydrogens is 144 g/mol. The molecule has 52 valence electrons. The summed E-state index contributed by atoms with van der Waals surface area (Å²) in [5.74, 6) is 0.437. The Morgan fingerprint density at radius 3 is 2.70 bits per heavy atom. The highest BCUT2D eigenvalue weighted by molar-refractivity contribution is 7.12. The molecule has 0 amide bonds. The van der Waals surface area contributed by atoms with Gasteiger partial charge in [-0.05, 0) is 0 Å². The molecule has 0 spiro atoms. The molecule has 1 heterocycles. The summed E-state index contributed by atoms with van der Waals surface area (Å²) in [6.45, 7) is 4.14. The summed E-state index contributed by atoms with van der Waals surface area (Å²) in [4.78, 5) is 4.78. The molecule has 0 unspecified atom stereocenters. The lowest BCUT2D eigenvalue weighted by Crippen LogP contribution is -1.81. The molecule has 0 aliphatic carbocycles. The van der Waals surface area contributed by atoms with E-state index in [-0.39, 0.29) is 0 Å². The van der Waals surface area contributed by atoms with E-state index >= 15 is 0 Å². The van der Waals surface area contributed by atoms with Gasteiger partial charge in [-0.1, -0.05) is 13.8 Å². The lowest BCUT2D eigenvalue weighted by atomic mass is 10.2. The van der Waals surface area contributed by atoms with E-state index in [9.17, 15) is 0 Å². The molecule has 0 fully saturated rings. The van der Waals surface area contributed by atoms with Crippen LogP contribution in [0.4, 0.5) is 0 Å². The van der Waals surface area contributed by atoms with Crippen molar-refractivity contribution in [2.45, 2.75) is 19.8 Å². The van der Waals surface area contributed by atoms with Crippen molar-refractivity contribution in [3.63, 3.8) is 0 Å². The summed E-state index contributed by atoms with van der Waals surface area (Å²) in [5.41, 5.74) is 0. The van der Waals surface area contributed by atoms with Crippen molar-refractivity contribution in [1.82, 2.24) is 4.98 Å². The molecule has 1 aromatic heterocycles. The molecule has 0 radical (unpaired) electrons. The van der Waals surface area contributed by atoms with E-state index in [1.54, 1.807) is 6.20 Å². The quantitative estimate of drug-likeness (QED) is 0.618. The van der Waals surface area contributed by atoms with Crippen LogP contribution in [0.25, 0.3) is 0 Å². The highest BCUT2D eigenvalue weighted by Crippen LogP contribution is 2.19. The van der Waals surface area contributed by atoms with E-state index in [0.717, 1.165) is 5.01 Å². The first-order valence-electron chi connectivity index (χ1n) is 3.10. The van der Waals surface area contributed by atoms with E-state index < -0.39 is 0 Å². The van der Waals surface area contributed by atoms with Crippen LogP contribution in [0.15, 0.2) is 6.20 Å². The van der Waals surface area contributed by atoms with Crippen LogP contribution in [0.5, 0.6) is 0 Å². The molecule has 1 aromatic rings. The third-order valence-corrected chi connectivity index (χ3v) is 2.33. The van der Waals surface area contributed by atoms with Crippen molar-refractivity contribution in [3.8, 4) is 6.07 Å². The predicted molar refractivity (Wildman–Crippen MR) is 40.9 cm³/mol. The number of hydrogen-bond acceptors (Lipinski definition) is 3. The zero-order valence-corrected chi connectivity index (χ0v) is 6.77. The Morgan fingerprint density at radius 2 is 2.40 bits per heavy atom. The number of hydrogen-bond donors (Lipinski definition) is 0. The molecule has 0 N–H and O–H groups in total. The Kier molecular flexibility index (Phi) is 2.03. The molecule has 2 nitrogen and oxygen atoms in total. The van der Waals surface area contributed by atoms with Crippen molar-refractivity contribution in [2.24, 2.45) is 0 Å². The first-order chi connectivity index (χ1) is 4.74. The Labute approximate surface area is 64.1 Å². The smallest absolute Gasteiger partial charge is 0.124 e. The van der Waals surface area contributed by atoms with Crippen molar-refractivity contribution in [1.29, 1.82) is 5.26 Å². The summed E-state index contributed by atoms with van der Waals surface area (Å²) < 4.78 is 0. The zero-order chi connectivity index (χ0) is 7.56. The summed E-state index contributed by atoms with van der Waals surface area (Å²) >= 11 is 1.47. The topological polar surface area (TPSA) is 36.7 Å². The molecule has 0 saturated heterocycles. The second-order valence-corrected chi connectivity index (χ2v) is 3.39. The summed E-state index contributed by atoms with van der Waals surface area (Å²) in [6, 6.07) is 2.06. The molecule has 3 heteroatoms. The molecule has 10 heavy (non-hydrogen) atoms. The summed E-state index contributed by atoms with van der Waals surface area (Å²) in [5, 5.41) is 9.49. The Hall–Kier alpha value is -0.880. The molecular formula is C7H8N2S. The van der Waals surface area contributed by atoms with Crippen LogP contribution < -0.4 is 0 Å². The van der Waals surface area contributed by atoms with E-state index in [1.165, 1.54) is 11.3 Å². The first kappa shape index (κ1) is 7.23. The lowest BCUT2D eigenvalue weighted by Gasteiger charge is -1.94. The van der Waals surface area contributed by atoms with Gasteiger partial charge in [0.05, 0.1) is 11.2 Å². The molecule has 0 aliphatic heterocycles. The van der Waals surface area contributed by atoms with Gasteiger partial charge in [-0.25, -0.2) is 4.98 Å². The SMILES string of the molecule is CC(C)c1ncc(C#N)s1. The Morgan fingerprint density at radius 1 is 1.70 bits per heavy atom. The summed E-state index contributed by atoms with van der Waals surface area (Å²) in [7, 11) is 0. The fraction of sp³-hybridized carbons (Fsp3) is 0.429. The fourth-order valence-electron chi connectivity index (χ4n) is 0.606. The van der Waals surface area contributed by atoms with Crippen LogP contribution in [-0.4, -0.2) is 4.98 Å². The van der Waals surface area contributed by atoms with Crippen molar-refractivity contribution >= 4 is 11.3 Å². The number of nitriles is 1. The molecule has 0 saturated carbocycles. The van der Waals surface area contributed by atoms with Crippen LogP contribution >= 0.6 is 11.3 Å². The van der Waals surface area contributed by atoms with Gasteiger partial charge in [-0.15, -0.1) is 11.3 Å². The minimum absolute atomic E-state index is 0.437. The highest BCUT2D eigenvalue weighted by atomic mass is 32.1. The van der Waals surface area contributed by atoms with Gasteiger partial charge in [-0.3, -0.25) is 0 Å². The third kappa shape index (κ3) is 1.34. The maximum atomic E-state index is 8.45. The van der Waals surface area contributed by atoms with Crippen LogP contribution in [0.2, 0.25) is 0 Å². The standard InChI is InChI=1S/C7H8N2S/c1-5(2)7-9-4-6(3-8)10-7/h4-5H,1-2H3. The van der Waals surface area contributed by atoms with Gasteiger partial charge in [0.1, 0.15) is 10.9 Å². The van der Waals surface area contributed by atoms with Gasteiger partial charge in [0.25, 0.3) is 0 Å². The van der Waals surface area contributed by atoms with E-state index in [4.69, 9.17) is 5.26 Å². The van der Waals surface area contributed by atoms with Crippen molar-refractivity contribution < 1.29 is 0 Å². The van der Waals surface area contributed by atoms with E-state index in [0.29, 0.717) is 10.8 Å². The van der Waals surface area contributed by atoms with Gasteiger partial charge in [0.2, 0.25) is 0 Å². The van der Waals surface area contributed by atoms with E-state index in [1.807, 2.05) is 0 Å². The minimum Gasteiger partial charge on any atom is -0.248 e. The van der Waals surface area contributed by atoms with Gasteiger partial charge in [-0.2, -0.15) is 5.26 Å². The van der Waals surface area contributed by atoms with Crippen LogP contribution in [0.1, 0.15) is 29.7 Å². The van der Waals surface area contributed by atoms with Gasteiger partial charge in [0.15, 0.2) is 0 Å². The van der Waals surface area contributed by atoms with Gasteiger partial charge < -0.3 is 0 Å². The molecule has 0 aliphatic rings. The maximum Gasteiger partial charge on any atom is 0.124 e. The number of aromatic nitrogens is 1. The lowest BCUT2D eigenvalue weighted by molar-refractivity contribution is 0.852. The fourth-order valence-corrected chi connectivity index (χ4v) is 1.32. The molecule has 1 rings (SSSR count). The second kappa shape index (κ2) is 2.80. The molecule has 0 aromatic carbocycles. The Balaban J connectivity index is 2.91. The van der Waals surface area contributed by atoms with Crippen LogP contribution in [-0.2, 0) is 0 Å². The first-order valence-corrected chi connectivity index (χ1v) is 3.91. The average molecular weight is 152 g/mol. The second-order valence-electron chi connectivity index (χ2n) is 2.33. The van der Waals surface area contributed by atoms with Crippen LogP contribution in [0.3, 0.4) is 0 Å². The average Bonchev–Trinajstić information content (AvgIpc) is 2.34. The van der Waals surface area contributed by atoms with E-state index in [2.05, 4.69) is 24.9 Å². The number of thiazole rings is 1. The van der Waals surface area contributed by atoms with Crippen molar-refractivity contribution in [3.05, 3.63) is 16.1 Å². The van der Waals surface area contributed by atoms with Gasteiger partial charge >= 0.3 is 0 Å². The molecule has 0 atom stereocenters. The predicted octanol–water partition coefficient (Wildman–Crippen LogP) is 2.14. The monoisotopic (exact) mass is 152 g/mol. The number of nitrogens with zero attached hydrogens (tertiary/aromatic N) is 2. The van der Waals surface area contributed by atoms with Crippen LogP contribution in [0, 0.1) is 11.3 Å². The van der Waals surface area contributed by atoms with Gasteiger partial charge in [0, 0.05) is 5.92 Å². The highest BCUT2D eigenvalue weighted by Gasteiger charge is 2.03. The normalized spacial score (nSPS) is 9.80. The largest absolute Gasteiger partial charge is 0.248 e. The zero-order valence-electron chi connectivity index (χ0n) is 5.96. The maximum absolute atomic E-state index is 8.45.